The summed E-state index contributed by atoms with van der Waals surface area (Å²) < 4.78 is 49.7. The molecule has 0 fully saturated rings. The van der Waals surface area contributed by atoms with E-state index in [9.17, 15) is 17.6 Å². The standard InChI is InChI=1S/C8H3BrF4N2/c9-4-2-6-5(14-7(10)15-6)1-3(4)8(11,12)13/h1-2H,(H,14,15). The van der Waals surface area contributed by atoms with Gasteiger partial charge in [-0.15, -0.1) is 0 Å². The number of rotatable bonds is 0. The molecule has 7 heteroatoms. The zero-order chi connectivity index (χ0) is 11.2. The Bertz CT molecular complexity index is 517. The Morgan fingerprint density at radius 2 is 1.93 bits per heavy atom. The fourth-order valence-electron chi connectivity index (χ4n) is 1.22. The predicted molar refractivity (Wildman–Crippen MR) is 48.8 cm³/mol. The summed E-state index contributed by atoms with van der Waals surface area (Å²) >= 11 is 2.77. The van der Waals surface area contributed by atoms with E-state index < -0.39 is 17.8 Å². The molecule has 0 aliphatic heterocycles. The van der Waals surface area contributed by atoms with Gasteiger partial charge in [0.25, 0.3) is 6.08 Å². The Kier molecular flexibility index (Phi) is 2.22. The average molecular weight is 283 g/mol. The maximum absolute atomic E-state index is 12.6. The lowest BCUT2D eigenvalue weighted by atomic mass is 10.2. The van der Waals surface area contributed by atoms with Crippen LogP contribution >= 0.6 is 15.9 Å². The van der Waals surface area contributed by atoms with Crippen LogP contribution in [0.25, 0.3) is 11.0 Å². The molecular weight excluding hydrogens is 280 g/mol. The number of hydrogen-bond donors (Lipinski definition) is 1. The lowest BCUT2D eigenvalue weighted by Gasteiger charge is -2.08. The van der Waals surface area contributed by atoms with Crippen LogP contribution in [0.15, 0.2) is 16.6 Å². The van der Waals surface area contributed by atoms with Gasteiger partial charge in [0, 0.05) is 4.47 Å². The van der Waals surface area contributed by atoms with E-state index in [1.807, 2.05) is 0 Å². The van der Waals surface area contributed by atoms with Crippen molar-refractivity contribution in [2.45, 2.75) is 6.18 Å². The number of benzene rings is 1. The normalized spacial score (nSPS) is 12.3. The van der Waals surface area contributed by atoms with E-state index in [0.29, 0.717) is 0 Å². The van der Waals surface area contributed by atoms with Crippen molar-refractivity contribution in [3.63, 3.8) is 0 Å². The first-order valence-corrected chi connectivity index (χ1v) is 4.59. The number of nitrogens with zero attached hydrogens (tertiary/aromatic N) is 1. The van der Waals surface area contributed by atoms with E-state index in [1.54, 1.807) is 0 Å². The highest BCUT2D eigenvalue weighted by molar-refractivity contribution is 9.10. The summed E-state index contributed by atoms with van der Waals surface area (Å²) in [6.45, 7) is 0. The quantitative estimate of drug-likeness (QED) is 0.737. The monoisotopic (exact) mass is 282 g/mol. The third-order valence-corrected chi connectivity index (χ3v) is 2.50. The highest BCUT2D eigenvalue weighted by Gasteiger charge is 2.33. The van der Waals surface area contributed by atoms with Crippen molar-refractivity contribution in [1.82, 2.24) is 9.97 Å². The molecule has 0 saturated carbocycles. The first kappa shape index (κ1) is 10.4. The van der Waals surface area contributed by atoms with E-state index in [-0.39, 0.29) is 15.5 Å². The van der Waals surface area contributed by atoms with Crippen LogP contribution in [0.1, 0.15) is 5.56 Å². The molecule has 1 aromatic carbocycles. The van der Waals surface area contributed by atoms with E-state index in [4.69, 9.17) is 0 Å². The molecule has 2 aromatic rings. The summed E-state index contributed by atoms with van der Waals surface area (Å²) in [4.78, 5) is 5.48. The number of fused-ring (bicyclic) bond motifs is 1. The number of imidazole rings is 1. The molecular formula is C8H3BrF4N2. The van der Waals surface area contributed by atoms with Crippen molar-refractivity contribution < 1.29 is 17.6 Å². The van der Waals surface area contributed by atoms with Crippen molar-refractivity contribution in [2.75, 3.05) is 0 Å². The summed E-state index contributed by atoms with van der Waals surface area (Å²) in [5.74, 6) is 0. The number of H-pyrrole nitrogens is 1. The Morgan fingerprint density at radius 1 is 1.27 bits per heavy atom. The summed E-state index contributed by atoms with van der Waals surface area (Å²) in [5, 5.41) is 0. The summed E-state index contributed by atoms with van der Waals surface area (Å²) in [5.41, 5.74) is -0.700. The van der Waals surface area contributed by atoms with Gasteiger partial charge in [-0.05, 0) is 12.1 Å². The van der Waals surface area contributed by atoms with Crippen LogP contribution in [0, 0.1) is 6.08 Å². The van der Waals surface area contributed by atoms with Gasteiger partial charge in [0.15, 0.2) is 0 Å². The number of halogens is 5. The topological polar surface area (TPSA) is 28.7 Å². The largest absolute Gasteiger partial charge is 0.417 e. The van der Waals surface area contributed by atoms with Crippen molar-refractivity contribution in [1.29, 1.82) is 0 Å². The van der Waals surface area contributed by atoms with Gasteiger partial charge >= 0.3 is 6.18 Å². The van der Waals surface area contributed by atoms with Gasteiger partial charge in [0.1, 0.15) is 0 Å². The number of nitrogens with one attached hydrogen (secondary N) is 1. The Morgan fingerprint density at radius 3 is 2.53 bits per heavy atom. The zero-order valence-corrected chi connectivity index (χ0v) is 8.58. The molecule has 0 unspecified atom stereocenters. The van der Waals surface area contributed by atoms with Gasteiger partial charge in [-0.1, -0.05) is 15.9 Å². The van der Waals surface area contributed by atoms with Gasteiger partial charge in [-0.3, -0.25) is 0 Å². The van der Waals surface area contributed by atoms with Crippen LogP contribution in [0.4, 0.5) is 17.6 Å². The number of aromatic amines is 1. The molecule has 0 saturated heterocycles. The third-order valence-electron chi connectivity index (χ3n) is 1.85. The third kappa shape index (κ3) is 1.83. The van der Waals surface area contributed by atoms with Gasteiger partial charge in [-0.25, -0.2) is 4.98 Å². The Labute approximate surface area is 89.4 Å². The molecule has 0 aliphatic carbocycles. The molecule has 80 valence electrons. The highest BCUT2D eigenvalue weighted by Crippen LogP contribution is 2.36. The molecule has 0 radical (unpaired) electrons. The molecule has 2 rings (SSSR count). The van der Waals surface area contributed by atoms with Gasteiger partial charge < -0.3 is 4.98 Å². The summed E-state index contributed by atoms with van der Waals surface area (Å²) in [6.07, 6.45) is -5.38. The molecule has 0 amide bonds. The summed E-state index contributed by atoms with van der Waals surface area (Å²) in [7, 11) is 0. The molecule has 1 aromatic heterocycles. The van der Waals surface area contributed by atoms with Gasteiger partial charge in [0.2, 0.25) is 0 Å². The van der Waals surface area contributed by atoms with Crippen molar-refractivity contribution in [3.05, 3.63) is 28.2 Å². The second-order valence-electron chi connectivity index (χ2n) is 2.87. The highest BCUT2D eigenvalue weighted by atomic mass is 79.9. The molecule has 2 nitrogen and oxygen atoms in total. The van der Waals surface area contributed by atoms with Gasteiger partial charge in [0.05, 0.1) is 16.6 Å². The molecule has 0 bridgehead atoms. The molecule has 15 heavy (non-hydrogen) atoms. The Balaban J connectivity index is 2.72. The van der Waals surface area contributed by atoms with Crippen LogP contribution in [0.2, 0.25) is 0 Å². The van der Waals surface area contributed by atoms with Crippen molar-refractivity contribution >= 4 is 27.0 Å². The maximum atomic E-state index is 12.6. The van der Waals surface area contributed by atoms with E-state index in [2.05, 4.69) is 25.9 Å². The SMILES string of the molecule is Fc1nc2cc(Br)c(C(F)(F)F)cc2[nH]1. The fourth-order valence-corrected chi connectivity index (χ4v) is 1.77. The summed E-state index contributed by atoms with van der Waals surface area (Å²) in [6, 6.07) is 1.94. The smallest absolute Gasteiger partial charge is 0.314 e. The molecule has 1 N–H and O–H groups in total. The Hall–Kier alpha value is -1.11. The predicted octanol–water partition coefficient (Wildman–Crippen LogP) is 3.48. The molecule has 0 aliphatic rings. The van der Waals surface area contributed by atoms with E-state index in [1.165, 1.54) is 0 Å². The molecule has 0 spiro atoms. The number of hydrogen-bond acceptors (Lipinski definition) is 1. The average Bonchev–Trinajstić information content (AvgIpc) is 2.40. The first-order chi connectivity index (χ1) is 6.88. The van der Waals surface area contributed by atoms with Crippen LogP contribution < -0.4 is 0 Å². The van der Waals surface area contributed by atoms with Crippen LogP contribution in [0.3, 0.4) is 0 Å². The minimum atomic E-state index is -4.48. The van der Waals surface area contributed by atoms with Crippen LogP contribution in [0.5, 0.6) is 0 Å². The minimum absolute atomic E-state index is 0.0167. The van der Waals surface area contributed by atoms with Crippen LogP contribution in [-0.2, 0) is 6.18 Å². The van der Waals surface area contributed by atoms with Crippen LogP contribution in [-0.4, -0.2) is 9.97 Å². The van der Waals surface area contributed by atoms with E-state index in [0.717, 1.165) is 12.1 Å². The number of alkyl halides is 3. The number of aromatic nitrogens is 2. The minimum Gasteiger partial charge on any atom is -0.314 e. The van der Waals surface area contributed by atoms with Gasteiger partial charge in [-0.2, -0.15) is 17.6 Å². The van der Waals surface area contributed by atoms with Crippen molar-refractivity contribution in [3.8, 4) is 0 Å². The second-order valence-corrected chi connectivity index (χ2v) is 3.73. The maximum Gasteiger partial charge on any atom is 0.417 e. The lowest BCUT2D eigenvalue weighted by molar-refractivity contribution is -0.138. The lowest BCUT2D eigenvalue weighted by Crippen LogP contribution is -2.05. The van der Waals surface area contributed by atoms with E-state index >= 15 is 0 Å². The van der Waals surface area contributed by atoms with Crippen molar-refractivity contribution in [2.24, 2.45) is 0 Å². The zero-order valence-electron chi connectivity index (χ0n) is 6.99. The fraction of sp³-hybridized carbons (Fsp3) is 0.125. The first-order valence-electron chi connectivity index (χ1n) is 3.80. The second kappa shape index (κ2) is 3.19. The molecule has 1 heterocycles. The molecule has 0 atom stereocenters.